The molecule has 0 unspecified atom stereocenters. The van der Waals surface area contributed by atoms with E-state index in [4.69, 9.17) is 11.6 Å². The molecule has 0 saturated carbocycles. The standard InChI is InChI=1S/C17H19ClN2O2/c1-12(2)9-19-17(22)14-7-8-16(21)20(11-14)10-13-5-3-4-6-15(13)18/h3-8,11-12H,9-10H2,1-2H3,(H,19,22). The fourth-order valence-electron chi connectivity index (χ4n) is 2.00. The van der Waals surface area contributed by atoms with Gasteiger partial charge in [-0.1, -0.05) is 43.6 Å². The van der Waals surface area contributed by atoms with E-state index < -0.39 is 0 Å². The molecule has 0 fully saturated rings. The summed E-state index contributed by atoms with van der Waals surface area (Å²) >= 11 is 6.12. The fraction of sp³-hybridized carbons (Fsp3) is 0.294. The lowest BCUT2D eigenvalue weighted by molar-refractivity contribution is 0.0948. The molecule has 0 aliphatic carbocycles. The molecule has 0 bridgehead atoms. The Morgan fingerprint density at radius 3 is 2.64 bits per heavy atom. The van der Waals surface area contributed by atoms with Gasteiger partial charge < -0.3 is 9.88 Å². The number of carbonyl (C=O) groups excluding carboxylic acids is 1. The Labute approximate surface area is 134 Å². The second kappa shape index (κ2) is 7.27. The van der Waals surface area contributed by atoms with Crippen molar-refractivity contribution in [3.05, 3.63) is 69.1 Å². The first-order valence-corrected chi connectivity index (χ1v) is 7.57. The first-order chi connectivity index (χ1) is 10.5. The van der Waals surface area contributed by atoms with Crippen LogP contribution in [0.2, 0.25) is 5.02 Å². The molecule has 0 radical (unpaired) electrons. The van der Waals surface area contributed by atoms with Crippen LogP contribution in [0.4, 0.5) is 0 Å². The lowest BCUT2D eigenvalue weighted by atomic mass is 10.2. The van der Waals surface area contributed by atoms with E-state index in [1.165, 1.54) is 10.6 Å². The lowest BCUT2D eigenvalue weighted by Crippen LogP contribution is -2.29. The molecule has 0 saturated heterocycles. The van der Waals surface area contributed by atoms with Gasteiger partial charge in [0, 0.05) is 23.8 Å². The highest BCUT2D eigenvalue weighted by Gasteiger charge is 2.09. The first-order valence-electron chi connectivity index (χ1n) is 7.19. The van der Waals surface area contributed by atoms with E-state index in [2.05, 4.69) is 5.32 Å². The Morgan fingerprint density at radius 2 is 1.95 bits per heavy atom. The molecule has 0 aliphatic rings. The zero-order valence-corrected chi connectivity index (χ0v) is 13.4. The second-order valence-corrected chi connectivity index (χ2v) is 5.99. The number of nitrogens with zero attached hydrogens (tertiary/aromatic N) is 1. The third-order valence-electron chi connectivity index (χ3n) is 3.22. The van der Waals surface area contributed by atoms with Crippen molar-refractivity contribution in [3.63, 3.8) is 0 Å². The molecule has 4 nitrogen and oxygen atoms in total. The molecule has 0 aliphatic heterocycles. The van der Waals surface area contributed by atoms with Crippen molar-refractivity contribution >= 4 is 17.5 Å². The van der Waals surface area contributed by atoms with Gasteiger partial charge in [-0.05, 0) is 23.6 Å². The topological polar surface area (TPSA) is 51.1 Å². The normalized spacial score (nSPS) is 10.7. The van der Waals surface area contributed by atoms with Crippen molar-refractivity contribution in [2.75, 3.05) is 6.54 Å². The van der Waals surface area contributed by atoms with Gasteiger partial charge in [-0.2, -0.15) is 0 Å². The van der Waals surface area contributed by atoms with Crippen molar-refractivity contribution in [3.8, 4) is 0 Å². The largest absolute Gasteiger partial charge is 0.352 e. The molecular weight excluding hydrogens is 300 g/mol. The molecule has 1 aromatic carbocycles. The third kappa shape index (κ3) is 4.21. The summed E-state index contributed by atoms with van der Waals surface area (Å²) in [5, 5.41) is 3.44. The van der Waals surface area contributed by atoms with Gasteiger partial charge in [-0.15, -0.1) is 0 Å². The van der Waals surface area contributed by atoms with Crippen LogP contribution in [0.3, 0.4) is 0 Å². The molecule has 1 heterocycles. The Balaban J connectivity index is 2.22. The molecule has 5 heteroatoms. The molecule has 0 spiro atoms. The molecule has 22 heavy (non-hydrogen) atoms. The fourth-order valence-corrected chi connectivity index (χ4v) is 2.19. The average molecular weight is 319 g/mol. The maximum atomic E-state index is 12.1. The maximum Gasteiger partial charge on any atom is 0.252 e. The quantitative estimate of drug-likeness (QED) is 0.921. The van der Waals surface area contributed by atoms with Crippen LogP contribution in [0, 0.1) is 5.92 Å². The van der Waals surface area contributed by atoms with Gasteiger partial charge in [0.25, 0.3) is 11.5 Å². The number of rotatable bonds is 5. The van der Waals surface area contributed by atoms with E-state index in [9.17, 15) is 9.59 Å². The van der Waals surface area contributed by atoms with Crippen molar-refractivity contribution in [2.24, 2.45) is 5.92 Å². The summed E-state index contributed by atoms with van der Waals surface area (Å²) in [4.78, 5) is 24.0. The first kappa shape index (κ1) is 16.3. The lowest BCUT2D eigenvalue weighted by Gasteiger charge is -2.11. The average Bonchev–Trinajstić information content (AvgIpc) is 2.49. The highest BCUT2D eigenvalue weighted by Crippen LogP contribution is 2.15. The number of benzene rings is 1. The molecule has 2 rings (SSSR count). The zero-order chi connectivity index (χ0) is 16.1. The van der Waals surface area contributed by atoms with Gasteiger partial charge in [0.05, 0.1) is 12.1 Å². The Hall–Kier alpha value is -2.07. The van der Waals surface area contributed by atoms with Crippen LogP contribution in [0.15, 0.2) is 47.4 Å². The van der Waals surface area contributed by atoms with Gasteiger partial charge in [-0.3, -0.25) is 9.59 Å². The van der Waals surface area contributed by atoms with Gasteiger partial charge in [0.15, 0.2) is 0 Å². The van der Waals surface area contributed by atoms with Crippen LogP contribution in [0.25, 0.3) is 0 Å². The van der Waals surface area contributed by atoms with Crippen LogP contribution in [-0.4, -0.2) is 17.0 Å². The van der Waals surface area contributed by atoms with Gasteiger partial charge in [0.1, 0.15) is 0 Å². The van der Waals surface area contributed by atoms with Gasteiger partial charge in [-0.25, -0.2) is 0 Å². The summed E-state index contributed by atoms with van der Waals surface area (Å²) in [5.41, 5.74) is 1.14. The van der Waals surface area contributed by atoms with E-state index >= 15 is 0 Å². The maximum absolute atomic E-state index is 12.1. The predicted octanol–water partition coefficient (Wildman–Crippen LogP) is 2.94. The molecule has 1 amide bonds. The van der Waals surface area contributed by atoms with E-state index in [0.717, 1.165) is 5.56 Å². The Kier molecular flexibility index (Phi) is 5.39. The number of hydrogen-bond donors (Lipinski definition) is 1. The Bertz CT molecular complexity index is 723. The van der Waals surface area contributed by atoms with E-state index in [0.29, 0.717) is 29.6 Å². The minimum Gasteiger partial charge on any atom is -0.352 e. The molecule has 116 valence electrons. The highest BCUT2D eigenvalue weighted by atomic mass is 35.5. The van der Waals surface area contributed by atoms with E-state index in [1.807, 2.05) is 32.0 Å². The second-order valence-electron chi connectivity index (χ2n) is 5.58. The van der Waals surface area contributed by atoms with Crippen LogP contribution in [0.1, 0.15) is 29.8 Å². The number of hydrogen-bond acceptors (Lipinski definition) is 2. The Morgan fingerprint density at radius 1 is 1.23 bits per heavy atom. The van der Waals surface area contributed by atoms with Gasteiger partial charge in [0.2, 0.25) is 0 Å². The molecule has 0 atom stereocenters. The summed E-state index contributed by atoms with van der Waals surface area (Å²) < 4.78 is 1.49. The number of pyridine rings is 1. The minimum absolute atomic E-state index is 0.166. The number of halogens is 1. The molecule has 2 aromatic rings. The smallest absolute Gasteiger partial charge is 0.252 e. The summed E-state index contributed by atoms with van der Waals surface area (Å²) in [5.74, 6) is 0.194. The van der Waals surface area contributed by atoms with Crippen LogP contribution in [-0.2, 0) is 6.54 Å². The third-order valence-corrected chi connectivity index (χ3v) is 3.58. The summed E-state index contributed by atoms with van der Waals surface area (Å²) in [6.45, 7) is 4.99. The van der Waals surface area contributed by atoms with E-state index in [-0.39, 0.29) is 11.5 Å². The van der Waals surface area contributed by atoms with Crippen LogP contribution < -0.4 is 10.9 Å². The summed E-state index contributed by atoms with van der Waals surface area (Å²) in [6, 6.07) is 10.3. The van der Waals surface area contributed by atoms with E-state index in [1.54, 1.807) is 18.3 Å². The molecular formula is C17H19ClN2O2. The number of amides is 1. The van der Waals surface area contributed by atoms with Gasteiger partial charge >= 0.3 is 0 Å². The number of carbonyl (C=O) groups is 1. The summed E-state index contributed by atoms with van der Waals surface area (Å²) in [7, 11) is 0. The monoisotopic (exact) mass is 318 g/mol. The number of aromatic nitrogens is 1. The molecule has 1 N–H and O–H groups in total. The zero-order valence-electron chi connectivity index (χ0n) is 12.7. The van der Waals surface area contributed by atoms with Crippen molar-refractivity contribution < 1.29 is 4.79 Å². The van der Waals surface area contributed by atoms with Crippen molar-refractivity contribution in [1.82, 2.24) is 9.88 Å². The van der Waals surface area contributed by atoms with Crippen LogP contribution >= 0.6 is 11.6 Å². The minimum atomic E-state index is -0.179. The SMILES string of the molecule is CC(C)CNC(=O)c1ccc(=O)n(Cc2ccccc2Cl)c1. The predicted molar refractivity (Wildman–Crippen MR) is 88.4 cm³/mol. The highest BCUT2D eigenvalue weighted by molar-refractivity contribution is 6.31. The van der Waals surface area contributed by atoms with Crippen LogP contribution in [0.5, 0.6) is 0 Å². The molecule has 1 aromatic heterocycles. The van der Waals surface area contributed by atoms with Crippen molar-refractivity contribution in [1.29, 1.82) is 0 Å². The number of nitrogens with one attached hydrogen (secondary N) is 1. The van der Waals surface area contributed by atoms with Crippen molar-refractivity contribution in [2.45, 2.75) is 20.4 Å². The summed E-state index contributed by atoms with van der Waals surface area (Å²) in [6.07, 6.45) is 1.57.